The van der Waals surface area contributed by atoms with E-state index in [-0.39, 0.29) is 13.0 Å². The number of carbonyl (C=O) groups excluding carboxylic acids is 1. The molecule has 1 unspecified atom stereocenters. The van der Waals surface area contributed by atoms with E-state index in [1.54, 1.807) is 6.92 Å². The summed E-state index contributed by atoms with van der Waals surface area (Å²) in [6.07, 6.45) is 1.73. The molecule has 0 saturated carbocycles. The number of allylic oxidation sites excluding steroid dienone is 2. The molecule has 1 rings (SSSR count). The zero-order valence-corrected chi connectivity index (χ0v) is 8.51. The van der Waals surface area contributed by atoms with Crippen LogP contribution in [0.4, 0.5) is 12.9 Å². The molecule has 0 bridgehead atoms. The minimum absolute atomic E-state index is 0.214. The number of halogens is 3. The smallest absolute Gasteiger partial charge is 0.466 e. The van der Waals surface area contributed by atoms with Gasteiger partial charge in [0.25, 0.3) is 0 Å². The quantitative estimate of drug-likeness (QED) is 0.540. The van der Waals surface area contributed by atoms with Gasteiger partial charge in [0.15, 0.2) is 0 Å². The summed E-state index contributed by atoms with van der Waals surface area (Å²) in [5.41, 5.74) is -0.542. The van der Waals surface area contributed by atoms with E-state index in [9.17, 15) is 17.7 Å². The Labute approximate surface area is 86.5 Å². The van der Waals surface area contributed by atoms with Crippen LogP contribution in [0.25, 0.3) is 0 Å². The van der Waals surface area contributed by atoms with Crippen molar-refractivity contribution in [3.8, 4) is 0 Å². The van der Waals surface area contributed by atoms with Crippen LogP contribution in [0.3, 0.4) is 0 Å². The Morgan fingerprint density at radius 3 is 2.80 bits per heavy atom. The third kappa shape index (κ3) is 3.29. The molecule has 1 aliphatic carbocycles. The summed E-state index contributed by atoms with van der Waals surface area (Å²) in [6.45, 7) is -3.09. The number of hydrogen-bond donors (Lipinski definition) is 0. The first-order chi connectivity index (χ1) is 6.95. The monoisotopic (exact) mass is 221 g/mol. The van der Waals surface area contributed by atoms with Gasteiger partial charge in [-0.3, -0.25) is 4.79 Å². The van der Waals surface area contributed by atoms with E-state index in [1.807, 2.05) is 0 Å². The maximum atomic E-state index is 12.4. The van der Waals surface area contributed by atoms with Crippen molar-refractivity contribution in [1.82, 2.24) is 0 Å². The van der Waals surface area contributed by atoms with Crippen molar-refractivity contribution < 1.29 is 22.5 Å². The molecule has 0 saturated heterocycles. The van der Waals surface area contributed by atoms with E-state index < -0.39 is 24.3 Å². The van der Waals surface area contributed by atoms with E-state index in [1.165, 1.54) is 6.08 Å². The van der Waals surface area contributed by atoms with Crippen LogP contribution in [0.15, 0.2) is 11.5 Å². The van der Waals surface area contributed by atoms with Gasteiger partial charge in [-0.25, -0.2) is 0 Å². The first-order valence-corrected chi connectivity index (χ1v) is 5.00. The molecule has 0 spiro atoms. The zero-order chi connectivity index (χ0) is 11.5. The highest BCUT2D eigenvalue weighted by atomic mass is 19.4. The van der Waals surface area contributed by atoms with Crippen LogP contribution in [0.2, 0.25) is 0 Å². The Hall–Kier alpha value is -0.935. The molecule has 1 aliphatic rings. The van der Waals surface area contributed by atoms with E-state index in [2.05, 4.69) is 0 Å². The summed E-state index contributed by atoms with van der Waals surface area (Å²) < 4.78 is 41.9. The third-order valence-electron chi connectivity index (χ3n) is 2.44. The molecule has 1 atom stereocenters. The van der Waals surface area contributed by atoms with Crippen molar-refractivity contribution in [2.75, 3.05) is 6.61 Å². The predicted octanol–water partition coefficient (Wildman–Crippen LogP) is 2.66. The van der Waals surface area contributed by atoms with Crippen molar-refractivity contribution in [2.45, 2.75) is 26.2 Å². The number of ether oxygens (including phenoxy) is 1. The lowest BCUT2D eigenvalue weighted by molar-refractivity contribution is -0.148. The number of carbonyl (C=O) groups is 1. The second kappa shape index (κ2) is 4.72. The van der Waals surface area contributed by atoms with Crippen molar-refractivity contribution in [1.29, 1.82) is 0 Å². The van der Waals surface area contributed by atoms with Gasteiger partial charge in [0.05, 0.1) is 12.5 Å². The van der Waals surface area contributed by atoms with Crippen LogP contribution >= 0.6 is 0 Å². The van der Waals surface area contributed by atoms with Crippen molar-refractivity contribution in [3.63, 3.8) is 0 Å². The topological polar surface area (TPSA) is 26.3 Å². The van der Waals surface area contributed by atoms with E-state index >= 15 is 0 Å². The highest BCUT2D eigenvalue weighted by Crippen LogP contribution is 2.32. The van der Waals surface area contributed by atoms with E-state index in [4.69, 9.17) is 4.74 Å². The Morgan fingerprint density at radius 2 is 2.27 bits per heavy atom. The van der Waals surface area contributed by atoms with Crippen molar-refractivity contribution >= 4 is 12.9 Å². The van der Waals surface area contributed by atoms with Gasteiger partial charge in [-0.15, -0.1) is 11.5 Å². The Balaban J connectivity index is 2.62. The first-order valence-electron chi connectivity index (χ1n) is 5.00. The lowest BCUT2D eigenvalue weighted by Crippen LogP contribution is -2.28. The van der Waals surface area contributed by atoms with Gasteiger partial charge in [0, 0.05) is 0 Å². The summed E-state index contributed by atoms with van der Waals surface area (Å²) in [5.74, 6) is -1.13. The molecule has 0 fully saturated rings. The Kier molecular flexibility index (Phi) is 3.82. The van der Waals surface area contributed by atoms with Gasteiger partial charge in [0.2, 0.25) is 0 Å². The van der Waals surface area contributed by atoms with E-state index in [0.29, 0.717) is 12.8 Å². The van der Waals surface area contributed by atoms with Gasteiger partial charge in [-0.2, -0.15) is 0 Å². The van der Waals surface area contributed by atoms with Crippen molar-refractivity contribution in [3.05, 3.63) is 11.5 Å². The van der Waals surface area contributed by atoms with Crippen LogP contribution in [0.5, 0.6) is 0 Å². The maximum Gasteiger partial charge on any atom is 0.505 e. The summed E-state index contributed by atoms with van der Waals surface area (Å²) in [4.78, 5) is 11.3. The average molecular weight is 221 g/mol. The maximum absolute atomic E-state index is 12.4. The minimum Gasteiger partial charge on any atom is -0.466 e. The Morgan fingerprint density at radius 1 is 1.60 bits per heavy atom. The second-order valence-electron chi connectivity index (χ2n) is 3.58. The molecule has 86 valence electrons. The summed E-state index contributed by atoms with van der Waals surface area (Å²) in [5, 5.41) is 0. The number of esters is 1. The molecule has 0 N–H and O–H groups in total. The number of rotatable bonds is 3. The molecular formula is C9H13BF3O2-. The summed E-state index contributed by atoms with van der Waals surface area (Å²) in [6, 6.07) is 0. The molecule has 15 heavy (non-hydrogen) atoms. The fourth-order valence-electron chi connectivity index (χ4n) is 1.67. The van der Waals surface area contributed by atoms with Crippen LogP contribution < -0.4 is 0 Å². The fourth-order valence-corrected chi connectivity index (χ4v) is 1.67. The molecule has 2 nitrogen and oxygen atoms in total. The third-order valence-corrected chi connectivity index (χ3v) is 2.44. The molecule has 0 aromatic rings. The van der Waals surface area contributed by atoms with Crippen molar-refractivity contribution in [2.24, 2.45) is 5.92 Å². The normalized spacial score (nSPS) is 22.1. The van der Waals surface area contributed by atoms with Crippen LogP contribution in [0, 0.1) is 5.92 Å². The minimum atomic E-state index is -4.94. The average Bonchev–Trinajstić information content (AvgIpc) is 2.17. The summed E-state index contributed by atoms with van der Waals surface area (Å²) in [7, 11) is 0. The highest BCUT2D eigenvalue weighted by molar-refractivity contribution is 6.66. The van der Waals surface area contributed by atoms with Crippen LogP contribution in [-0.2, 0) is 9.53 Å². The van der Waals surface area contributed by atoms with Crippen LogP contribution in [-0.4, -0.2) is 19.6 Å². The van der Waals surface area contributed by atoms with Crippen LogP contribution in [0.1, 0.15) is 26.2 Å². The Bertz CT molecular complexity index is 273. The van der Waals surface area contributed by atoms with E-state index in [0.717, 1.165) is 0 Å². The molecule has 0 aromatic heterocycles. The molecule has 0 aliphatic heterocycles. The lowest BCUT2D eigenvalue weighted by atomic mass is 9.70. The van der Waals surface area contributed by atoms with Gasteiger partial charge in [0.1, 0.15) is 0 Å². The highest BCUT2D eigenvalue weighted by Gasteiger charge is 2.34. The molecule has 0 radical (unpaired) electrons. The lowest BCUT2D eigenvalue weighted by Gasteiger charge is -2.27. The zero-order valence-electron chi connectivity index (χ0n) is 8.51. The standard InChI is InChI=1S/C9H13BF3O2/c1-2-15-9(14)7-4-3-5-8(6-7)10(11,12)13/h5,7H,2-4,6H2,1H3/q-1. The van der Waals surface area contributed by atoms with Gasteiger partial charge in [-0.1, -0.05) is 0 Å². The number of hydrogen-bond acceptors (Lipinski definition) is 2. The fraction of sp³-hybridized carbons (Fsp3) is 0.667. The van der Waals surface area contributed by atoms with Gasteiger partial charge >= 0.3 is 12.9 Å². The van der Waals surface area contributed by atoms with Gasteiger partial charge < -0.3 is 17.7 Å². The molecule has 0 aromatic carbocycles. The molecule has 0 amide bonds. The second-order valence-corrected chi connectivity index (χ2v) is 3.58. The van der Waals surface area contributed by atoms with Gasteiger partial charge in [-0.05, 0) is 26.2 Å². The summed E-state index contributed by atoms with van der Waals surface area (Å²) >= 11 is 0. The molecule has 0 heterocycles. The predicted molar refractivity (Wildman–Crippen MR) is 51.1 cm³/mol. The largest absolute Gasteiger partial charge is 0.505 e. The molecule has 6 heteroatoms. The molecular weight excluding hydrogens is 208 g/mol. The SMILES string of the molecule is CCOC(=O)C1CCC=C([B-](F)(F)F)C1. The first kappa shape index (κ1) is 12.1.